The first-order chi connectivity index (χ1) is 8.64. The van der Waals surface area contributed by atoms with Gasteiger partial charge in [-0.25, -0.2) is 8.42 Å². The summed E-state index contributed by atoms with van der Waals surface area (Å²) in [4.78, 5) is 0.321. The molecule has 0 spiro atoms. The van der Waals surface area contributed by atoms with Gasteiger partial charge in [-0.3, -0.25) is 0 Å². The monoisotopic (exact) mass is 269 g/mol. The van der Waals surface area contributed by atoms with Crippen molar-refractivity contribution in [3.8, 4) is 0 Å². The van der Waals surface area contributed by atoms with Gasteiger partial charge in [0.05, 0.1) is 11.5 Å². The second kappa shape index (κ2) is 5.82. The van der Waals surface area contributed by atoms with Crippen molar-refractivity contribution in [2.75, 3.05) is 13.1 Å². The van der Waals surface area contributed by atoms with Crippen LogP contribution in [0.1, 0.15) is 31.2 Å². The van der Waals surface area contributed by atoms with Crippen molar-refractivity contribution in [1.29, 1.82) is 0 Å². The van der Waals surface area contributed by atoms with Crippen LogP contribution in [0.4, 0.5) is 0 Å². The predicted molar refractivity (Wildman–Crippen MR) is 69.6 cm³/mol. The van der Waals surface area contributed by atoms with Crippen LogP contribution in [0.25, 0.3) is 0 Å². The lowest BCUT2D eigenvalue weighted by Gasteiger charge is -2.19. The van der Waals surface area contributed by atoms with Gasteiger partial charge in [0, 0.05) is 13.1 Å². The van der Waals surface area contributed by atoms with Crippen LogP contribution in [0.15, 0.2) is 29.2 Å². The van der Waals surface area contributed by atoms with E-state index in [0.717, 1.165) is 31.2 Å². The largest absolute Gasteiger partial charge is 0.392 e. The molecule has 1 N–H and O–H groups in total. The summed E-state index contributed by atoms with van der Waals surface area (Å²) >= 11 is 0. The van der Waals surface area contributed by atoms with Gasteiger partial charge < -0.3 is 5.11 Å². The number of rotatable bonds is 3. The number of aliphatic hydroxyl groups is 1. The molecule has 100 valence electrons. The summed E-state index contributed by atoms with van der Waals surface area (Å²) < 4.78 is 26.4. The molecule has 0 bridgehead atoms. The fourth-order valence-electron chi connectivity index (χ4n) is 2.20. The molecule has 0 aliphatic carbocycles. The van der Waals surface area contributed by atoms with Gasteiger partial charge in [-0.05, 0) is 30.5 Å². The summed E-state index contributed by atoms with van der Waals surface area (Å²) in [6, 6.07) is 6.47. The molecule has 2 rings (SSSR count). The Kier molecular flexibility index (Phi) is 4.37. The zero-order valence-electron chi connectivity index (χ0n) is 10.4. The summed E-state index contributed by atoms with van der Waals surface area (Å²) in [6.07, 6.45) is 4.09. The van der Waals surface area contributed by atoms with Crippen LogP contribution < -0.4 is 0 Å². The van der Waals surface area contributed by atoms with Gasteiger partial charge in [-0.2, -0.15) is 4.31 Å². The van der Waals surface area contributed by atoms with Gasteiger partial charge in [0.1, 0.15) is 0 Å². The summed E-state index contributed by atoms with van der Waals surface area (Å²) in [6.45, 7) is 1.16. The molecular formula is C13H19NO3S. The highest BCUT2D eigenvalue weighted by atomic mass is 32.2. The summed E-state index contributed by atoms with van der Waals surface area (Å²) in [5.74, 6) is 0. The van der Waals surface area contributed by atoms with E-state index in [-0.39, 0.29) is 6.61 Å². The quantitative estimate of drug-likeness (QED) is 0.909. The first-order valence-corrected chi connectivity index (χ1v) is 7.78. The molecule has 0 amide bonds. The number of nitrogens with zero attached hydrogens (tertiary/aromatic N) is 1. The lowest BCUT2D eigenvalue weighted by molar-refractivity contribution is 0.281. The molecule has 5 heteroatoms. The van der Waals surface area contributed by atoms with Crippen LogP contribution in [0, 0.1) is 0 Å². The molecule has 1 fully saturated rings. The van der Waals surface area contributed by atoms with Gasteiger partial charge in [-0.1, -0.05) is 25.0 Å². The molecule has 0 radical (unpaired) electrons. The third kappa shape index (κ3) is 2.91. The maximum Gasteiger partial charge on any atom is 0.243 e. The Balaban J connectivity index is 2.22. The Morgan fingerprint density at radius 3 is 2.06 bits per heavy atom. The molecule has 18 heavy (non-hydrogen) atoms. The minimum atomic E-state index is -3.36. The second-order valence-electron chi connectivity index (χ2n) is 4.62. The number of aliphatic hydroxyl groups excluding tert-OH is 1. The molecule has 1 saturated heterocycles. The molecule has 1 aromatic rings. The summed E-state index contributed by atoms with van der Waals surface area (Å²) in [5, 5.41) is 8.96. The van der Waals surface area contributed by atoms with Crippen molar-refractivity contribution in [1.82, 2.24) is 4.31 Å². The molecule has 1 aliphatic heterocycles. The average Bonchev–Trinajstić information content (AvgIpc) is 2.68. The lowest BCUT2D eigenvalue weighted by atomic mass is 10.2. The molecule has 0 atom stereocenters. The van der Waals surface area contributed by atoms with E-state index < -0.39 is 10.0 Å². The van der Waals surface area contributed by atoms with E-state index in [1.807, 2.05) is 0 Å². The molecular weight excluding hydrogens is 250 g/mol. The van der Waals surface area contributed by atoms with Gasteiger partial charge in [0.15, 0.2) is 0 Å². The fourth-order valence-corrected chi connectivity index (χ4v) is 3.72. The number of hydrogen-bond donors (Lipinski definition) is 1. The molecule has 0 unspecified atom stereocenters. The molecule has 0 aromatic heterocycles. The van der Waals surface area contributed by atoms with Crippen LogP contribution in [0.5, 0.6) is 0 Å². The topological polar surface area (TPSA) is 57.6 Å². The van der Waals surface area contributed by atoms with Crippen LogP contribution in [-0.2, 0) is 16.6 Å². The van der Waals surface area contributed by atoms with Crippen molar-refractivity contribution in [2.24, 2.45) is 0 Å². The first kappa shape index (κ1) is 13.5. The smallest absolute Gasteiger partial charge is 0.243 e. The molecule has 1 aromatic carbocycles. The van der Waals surface area contributed by atoms with E-state index in [4.69, 9.17) is 5.11 Å². The van der Waals surface area contributed by atoms with Crippen LogP contribution in [0.3, 0.4) is 0 Å². The number of hydrogen-bond acceptors (Lipinski definition) is 3. The van der Waals surface area contributed by atoms with E-state index in [1.165, 1.54) is 0 Å². The SMILES string of the molecule is O=S(=O)(c1ccc(CO)cc1)N1CCCCCC1. The fraction of sp³-hybridized carbons (Fsp3) is 0.538. The van der Waals surface area contributed by atoms with Crippen molar-refractivity contribution >= 4 is 10.0 Å². The summed E-state index contributed by atoms with van der Waals surface area (Å²) in [5.41, 5.74) is 0.727. The van der Waals surface area contributed by atoms with Crippen LogP contribution in [0.2, 0.25) is 0 Å². The highest BCUT2D eigenvalue weighted by Gasteiger charge is 2.24. The Hall–Kier alpha value is -0.910. The highest BCUT2D eigenvalue weighted by molar-refractivity contribution is 7.89. The first-order valence-electron chi connectivity index (χ1n) is 6.34. The second-order valence-corrected chi connectivity index (χ2v) is 6.56. The molecule has 0 saturated carbocycles. The van der Waals surface area contributed by atoms with Crippen molar-refractivity contribution in [2.45, 2.75) is 37.2 Å². The van der Waals surface area contributed by atoms with Crippen molar-refractivity contribution in [3.05, 3.63) is 29.8 Å². The maximum absolute atomic E-state index is 12.4. The zero-order valence-corrected chi connectivity index (χ0v) is 11.2. The van der Waals surface area contributed by atoms with E-state index in [1.54, 1.807) is 28.6 Å². The zero-order chi connectivity index (χ0) is 13.0. The van der Waals surface area contributed by atoms with Gasteiger partial charge >= 0.3 is 0 Å². The predicted octanol–water partition coefficient (Wildman–Crippen LogP) is 1.74. The Morgan fingerprint density at radius 1 is 1.00 bits per heavy atom. The Labute approximate surface area is 108 Å². The van der Waals surface area contributed by atoms with Gasteiger partial charge in [0.2, 0.25) is 10.0 Å². The van der Waals surface area contributed by atoms with Crippen LogP contribution in [-0.4, -0.2) is 30.9 Å². The standard InChI is InChI=1S/C13H19NO3S/c15-11-12-5-7-13(8-6-12)18(16,17)14-9-3-1-2-4-10-14/h5-8,15H,1-4,9-11H2. The van der Waals surface area contributed by atoms with Crippen molar-refractivity contribution < 1.29 is 13.5 Å². The Bertz CT molecular complexity index is 473. The van der Waals surface area contributed by atoms with E-state index in [9.17, 15) is 8.42 Å². The van der Waals surface area contributed by atoms with E-state index in [2.05, 4.69) is 0 Å². The lowest BCUT2D eigenvalue weighted by Crippen LogP contribution is -2.31. The third-order valence-electron chi connectivity index (χ3n) is 3.31. The number of benzene rings is 1. The minimum Gasteiger partial charge on any atom is -0.392 e. The molecule has 1 aliphatic rings. The van der Waals surface area contributed by atoms with Crippen LogP contribution >= 0.6 is 0 Å². The van der Waals surface area contributed by atoms with Crippen molar-refractivity contribution in [3.63, 3.8) is 0 Å². The summed E-state index contributed by atoms with van der Waals surface area (Å²) in [7, 11) is -3.36. The highest BCUT2D eigenvalue weighted by Crippen LogP contribution is 2.20. The molecule has 1 heterocycles. The normalized spacial score (nSPS) is 18.5. The Morgan fingerprint density at radius 2 is 1.56 bits per heavy atom. The maximum atomic E-state index is 12.4. The average molecular weight is 269 g/mol. The number of sulfonamides is 1. The van der Waals surface area contributed by atoms with Gasteiger partial charge in [0.25, 0.3) is 0 Å². The van der Waals surface area contributed by atoms with E-state index in [0.29, 0.717) is 18.0 Å². The molecule has 4 nitrogen and oxygen atoms in total. The van der Waals surface area contributed by atoms with Gasteiger partial charge in [-0.15, -0.1) is 0 Å². The third-order valence-corrected chi connectivity index (χ3v) is 5.22. The minimum absolute atomic E-state index is 0.0654. The van der Waals surface area contributed by atoms with E-state index >= 15 is 0 Å².